The van der Waals surface area contributed by atoms with Crippen molar-refractivity contribution in [3.05, 3.63) is 42.5 Å². The Labute approximate surface area is 169 Å². The summed E-state index contributed by atoms with van der Waals surface area (Å²) in [6.07, 6.45) is 5.93. The first kappa shape index (κ1) is 19.7. The first-order chi connectivity index (χ1) is 14.0. The third-order valence-electron chi connectivity index (χ3n) is 5.80. The van der Waals surface area contributed by atoms with E-state index >= 15 is 0 Å². The molecule has 2 heterocycles. The maximum absolute atomic E-state index is 13.4. The van der Waals surface area contributed by atoms with Gasteiger partial charge in [-0.05, 0) is 36.5 Å². The number of nitriles is 1. The summed E-state index contributed by atoms with van der Waals surface area (Å²) < 4.78 is 32.9. The number of nitrogens with zero attached hydrogens (tertiary/aromatic N) is 4. The smallest absolute Gasteiger partial charge is 0.248 e. The Balaban J connectivity index is 1.47. The third kappa shape index (κ3) is 4.88. The Morgan fingerprint density at radius 3 is 2.55 bits per heavy atom. The maximum Gasteiger partial charge on any atom is 0.248 e. The van der Waals surface area contributed by atoms with Crippen LogP contribution in [0.1, 0.15) is 31.2 Å². The van der Waals surface area contributed by atoms with E-state index in [1.54, 1.807) is 12.4 Å². The van der Waals surface area contributed by atoms with Crippen molar-refractivity contribution in [2.45, 2.75) is 38.2 Å². The number of hydrogen-bond acceptors (Lipinski definition) is 5. The summed E-state index contributed by atoms with van der Waals surface area (Å²) in [5.74, 6) is -1.48. The predicted octanol–water partition coefficient (Wildman–Crippen LogP) is 4.30. The van der Waals surface area contributed by atoms with Crippen molar-refractivity contribution >= 4 is 0 Å². The number of likely N-dealkylation sites (tertiary alicyclic amines) is 1. The molecule has 152 valence electrons. The molecule has 0 atom stereocenters. The Hall–Kier alpha value is -2.59. The molecule has 0 amide bonds. The average Bonchev–Trinajstić information content (AvgIpc) is 2.70. The average molecular weight is 398 g/mol. The van der Waals surface area contributed by atoms with Crippen LogP contribution in [0.5, 0.6) is 5.75 Å². The second-order valence-electron chi connectivity index (χ2n) is 8.08. The molecule has 0 N–H and O–H groups in total. The molecule has 2 aromatic rings. The van der Waals surface area contributed by atoms with E-state index in [0.29, 0.717) is 26.0 Å². The van der Waals surface area contributed by atoms with Gasteiger partial charge in [0.2, 0.25) is 5.92 Å². The van der Waals surface area contributed by atoms with E-state index < -0.39 is 5.92 Å². The van der Waals surface area contributed by atoms with Crippen LogP contribution >= 0.6 is 0 Å². The molecule has 0 unspecified atom stereocenters. The highest BCUT2D eigenvalue weighted by atomic mass is 19.3. The van der Waals surface area contributed by atoms with Crippen molar-refractivity contribution in [3.63, 3.8) is 0 Å². The van der Waals surface area contributed by atoms with Gasteiger partial charge in [0.05, 0.1) is 18.6 Å². The first-order valence-corrected chi connectivity index (χ1v) is 10.0. The molecular formula is C22H24F2N4O. The van der Waals surface area contributed by atoms with Crippen LogP contribution in [-0.2, 0) is 6.54 Å². The summed E-state index contributed by atoms with van der Waals surface area (Å²) in [5.41, 5.74) is 2.96. The van der Waals surface area contributed by atoms with Gasteiger partial charge in [0.25, 0.3) is 0 Å². The topological polar surface area (TPSA) is 62.0 Å². The molecule has 4 rings (SSSR count). The van der Waals surface area contributed by atoms with E-state index in [1.165, 1.54) is 6.33 Å². The van der Waals surface area contributed by atoms with Crippen LogP contribution in [0.15, 0.2) is 36.9 Å². The molecular weight excluding hydrogens is 374 g/mol. The number of halogens is 2. The number of hydrogen-bond donors (Lipinski definition) is 0. The maximum atomic E-state index is 13.4. The van der Waals surface area contributed by atoms with Crippen LogP contribution in [0.3, 0.4) is 0 Å². The lowest BCUT2D eigenvalue weighted by Gasteiger charge is -2.35. The summed E-state index contributed by atoms with van der Waals surface area (Å²) >= 11 is 0. The van der Waals surface area contributed by atoms with E-state index in [0.717, 1.165) is 35.5 Å². The van der Waals surface area contributed by atoms with Gasteiger partial charge in [0, 0.05) is 56.0 Å². The normalized spacial score (nSPS) is 20.0. The molecule has 1 saturated heterocycles. The van der Waals surface area contributed by atoms with Gasteiger partial charge in [0.15, 0.2) is 0 Å². The Morgan fingerprint density at radius 1 is 1.14 bits per heavy atom. The van der Waals surface area contributed by atoms with Crippen molar-refractivity contribution in [1.82, 2.24) is 14.9 Å². The largest absolute Gasteiger partial charge is 0.493 e. The SMILES string of the molecule is N#CC1CN(Cc2cc(-c3cncnc3)ccc2OCC2CCC(F)(F)CC2)C1. The third-order valence-corrected chi connectivity index (χ3v) is 5.80. The highest BCUT2D eigenvalue weighted by molar-refractivity contribution is 5.64. The van der Waals surface area contributed by atoms with Crippen LogP contribution in [0.25, 0.3) is 11.1 Å². The van der Waals surface area contributed by atoms with Gasteiger partial charge >= 0.3 is 0 Å². The number of alkyl halides is 2. The van der Waals surface area contributed by atoms with Crippen molar-refractivity contribution in [1.29, 1.82) is 5.26 Å². The second-order valence-corrected chi connectivity index (χ2v) is 8.08. The minimum absolute atomic E-state index is 0.0514. The number of benzene rings is 1. The molecule has 1 aliphatic carbocycles. The Morgan fingerprint density at radius 2 is 1.86 bits per heavy atom. The molecule has 2 aliphatic rings. The van der Waals surface area contributed by atoms with Crippen LogP contribution < -0.4 is 4.74 Å². The molecule has 5 nitrogen and oxygen atoms in total. The van der Waals surface area contributed by atoms with Gasteiger partial charge in [-0.1, -0.05) is 6.07 Å². The van der Waals surface area contributed by atoms with E-state index in [9.17, 15) is 8.78 Å². The van der Waals surface area contributed by atoms with Crippen LogP contribution in [0, 0.1) is 23.2 Å². The van der Waals surface area contributed by atoms with E-state index in [4.69, 9.17) is 10.00 Å². The highest BCUT2D eigenvalue weighted by Gasteiger charge is 2.35. The molecule has 0 bridgehead atoms. The molecule has 1 saturated carbocycles. The Kier molecular flexibility index (Phi) is 5.72. The number of rotatable bonds is 6. The monoisotopic (exact) mass is 398 g/mol. The Bertz CT molecular complexity index is 868. The zero-order chi connectivity index (χ0) is 20.3. The molecule has 2 fully saturated rings. The lowest BCUT2D eigenvalue weighted by atomic mass is 9.87. The van der Waals surface area contributed by atoms with E-state index in [2.05, 4.69) is 27.0 Å². The van der Waals surface area contributed by atoms with Gasteiger partial charge in [-0.15, -0.1) is 0 Å². The molecule has 7 heteroatoms. The van der Waals surface area contributed by atoms with Gasteiger partial charge in [-0.25, -0.2) is 18.7 Å². The van der Waals surface area contributed by atoms with Crippen molar-refractivity contribution in [2.24, 2.45) is 11.8 Å². The zero-order valence-electron chi connectivity index (χ0n) is 16.2. The van der Waals surface area contributed by atoms with Crippen molar-refractivity contribution in [3.8, 4) is 22.9 Å². The number of aromatic nitrogens is 2. The summed E-state index contributed by atoms with van der Waals surface area (Å²) in [4.78, 5) is 10.4. The minimum Gasteiger partial charge on any atom is -0.493 e. The van der Waals surface area contributed by atoms with Gasteiger partial charge in [0.1, 0.15) is 12.1 Å². The molecule has 1 aliphatic heterocycles. The van der Waals surface area contributed by atoms with Crippen LogP contribution in [-0.4, -0.2) is 40.5 Å². The van der Waals surface area contributed by atoms with Gasteiger partial charge in [-0.3, -0.25) is 4.90 Å². The van der Waals surface area contributed by atoms with Crippen molar-refractivity contribution < 1.29 is 13.5 Å². The molecule has 0 radical (unpaired) electrons. The van der Waals surface area contributed by atoms with E-state index in [-0.39, 0.29) is 24.7 Å². The minimum atomic E-state index is -2.52. The van der Waals surface area contributed by atoms with E-state index in [1.807, 2.05) is 12.1 Å². The predicted molar refractivity (Wildman–Crippen MR) is 104 cm³/mol. The summed E-state index contributed by atoms with van der Waals surface area (Å²) in [5, 5.41) is 9.01. The fraction of sp³-hybridized carbons (Fsp3) is 0.500. The second kappa shape index (κ2) is 8.42. The molecule has 1 aromatic heterocycles. The van der Waals surface area contributed by atoms with Crippen molar-refractivity contribution in [2.75, 3.05) is 19.7 Å². The first-order valence-electron chi connectivity index (χ1n) is 10.0. The van der Waals surface area contributed by atoms with Gasteiger partial charge in [-0.2, -0.15) is 5.26 Å². The summed E-state index contributed by atoms with van der Waals surface area (Å²) in [6, 6.07) is 8.28. The summed E-state index contributed by atoms with van der Waals surface area (Å²) in [6.45, 7) is 2.66. The van der Waals surface area contributed by atoms with Gasteiger partial charge < -0.3 is 4.74 Å². The lowest BCUT2D eigenvalue weighted by Crippen LogP contribution is -2.45. The quantitative estimate of drug-likeness (QED) is 0.726. The molecule has 0 spiro atoms. The lowest BCUT2D eigenvalue weighted by molar-refractivity contribution is -0.0499. The fourth-order valence-corrected chi connectivity index (χ4v) is 3.97. The van der Waals surface area contributed by atoms with Crippen LogP contribution in [0.2, 0.25) is 0 Å². The molecule has 29 heavy (non-hydrogen) atoms. The highest BCUT2D eigenvalue weighted by Crippen LogP contribution is 2.37. The summed E-state index contributed by atoms with van der Waals surface area (Å²) in [7, 11) is 0. The van der Waals surface area contributed by atoms with Crippen LogP contribution in [0.4, 0.5) is 8.78 Å². The number of ether oxygens (including phenoxy) is 1. The fourth-order valence-electron chi connectivity index (χ4n) is 3.97. The standard InChI is InChI=1S/C22H24F2N4O/c23-22(24)5-3-16(4-6-22)14-29-21-2-1-18(20-9-26-15-27-10-20)7-19(21)13-28-11-17(8-25)12-28/h1-2,7,9-10,15-17H,3-6,11-14H2. The molecule has 1 aromatic carbocycles. The zero-order valence-corrected chi connectivity index (χ0v) is 16.2.